The highest BCUT2D eigenvalue weighted by atomic mass is 32.2. The summed E-state index contributed by atoms with van der Waals surface area (Å²) in [4.78, 5) is 15.9. The summed E-state index contributed by atoms with van der Waals surface area (Å²) >= 11 is 1.67. The zero-order valence-corrected chi connectivity index (χ0v) is 9.72. The third-order valence-electron chi connectivity index (χ3n) is 2.05. The summed E-state index contributed by atoms with van der Waals surface area (Å²) in [7, 11) is 0. The summed E-state index contributed by atoms with van der Waals surface area (Å²) < 4.78 is 0. The standard InChI is InChI=1S/C11H16N2OS/c1-2-3-4-7-15-10-5-6-13-8-9(10)11(12)14/h5-6,8H,2-4,7H2,1H3,(H2,12,14). The van der Waals surface area contributed by atoms with Crippen molar-refractivity contribution in [3.63, 3.8) is 0 Å². The van der Waals surface area contributed by atoms with Gasteiger partial charge in [-0.25, -0.2) is 0 Å². The molecule has 0 aliphatic heterocycles. The van der Waals surface area contributed by atoms with Gasteiger partial charge in [0.25, 0.3) is 5.91 Å². The van der Waals surface area contributed by atoms with E-state index in [0.29, 0.717) is 5.56 Å². The number of rotatable bonds is 6. The second-order valence-electron chi connectivity index (χ2n) is 3.29. The van der Waals surface area contributed by atoms with Gasteiger partial charge in [0.1, 0.15) is 0 Å². The lowest BCUT2D eigenvalue weighted by Crippen LogP contribution is -2.12. The van der Waals surface area contributed by atoms with Gasteiger partial charge in [0.05, 0.1) is 5.56 Å². The van der Waals surface area contributed by atoms with Gasteiger partial charge in [-0.2, -0.15) is 0 Å². The third kappa shape index (κ3) is 3.91. The van der Waals surface area contributed by atoms with Gasteiger partial charge in [0, 0.05) is 17.3 Å². The Balaban J connectivity index is 2.56. The molecule has 0 aliphatic rings. The van der Waals surface area contributed by atoms with Crippen LogP contribution in [0.1, 0.15) is 36.5 Å². The van der Waals surface area contributed by atoms with E-state index in [1.165, 1.54) is 25.5 Å². The van der Waals surface area contributed by atoms with E-state index in [4.69, 9.17) is 5.73 Å². The first kappa shape index (κ1) is 12.0. The van der Waals surface area contributed by atoms with Crippen LogP contribution >= 0.6 is 11.8 Å². The Hall–Kier alpha value is -1.03. The molecule has 1 aromatic heterocycles. The lowest BCUT2D eigenvalue weighted by atomic mass is 10.3. The Kier molecular flexibility index (Phi) is 5.18. The van der Waals surface area contributed by atoms with Crippen LogP contribution in [0.25, 0.3) is 0 Å². The van der Waals surface area contributed by atoms with Crippen LogP contribution in [0, 0.1) is 0 Å². The number of amides is 1. The van der Waals surface area contributed by atoms with Crippen molar-refractivity contribution < 1.29 is 4.79 Å². The Morgan fingerprint density at radius 3 is 3.00 bits per heavy atom. The second kappa shape index (κ2) is 6.45. The minimum absolute atomic E-state index is 0.402. The molecule has 1 aromatic rings. The molecule has 1 rings (SSSR count). The first-order chi connectivity index (χ1) is 7.25. The number of primary amides is 1. The van der Waals surface area contributed by atoms with Crippen LogP contribution in [0.15, 0.2) is 23.4 Å². The SMILES string of the molecule is CCCCCSc1ccncc1C(N)=O. The highest BCUT2D eigenvalue weighted by molar-refractivity contribution is 7.99. The number of nitrogens with zero attached hydrogens (tertiary/aromatic N) is 1. The molecule has 0 aromatic carbocycles. The van der Waals surface area contributed by atoms with Crippen LogP contribution in [0.2, 0.25) is 0 Å². The maximum atomic E-state index is 11.1. The molecule has 0 spiro atoms. The number of carbonyl (C=O) groups is 1. The zero-order valence-electron chi connectivity index (χ0n) is 8.90. The predicted molar refractivity (Wildman–Crippen MR) is 63.0 cm³/mol. The molecule has 0 aliphatic carbocycles. The van der Waals surface area contributed by atoms with E-state index in [1.54, 1.807) is 18.0 Å². The van der Waals surface area contributed by atoms with Crippen LogP contribution < -0.4 is 5.73 Å². The lowest BCUT2D eigenvalue weighted by Gasteiger charge is -2.04. The number of thioether (sulfide) groups is 1. The van der Waals surface area contributed by atoms with Crippen molar-refractivity contribution in [2.45, 2.75) is 31.1 Å². The lowest BCUT2D eigenvalue weighted by molar-refractivity contribution is 0.0997. The van der Waals surface area contributed by atoms with E-state index < -0.39 is 5.91 Å². The van der Waals surface area contributed by atoms with Crippen molar-refractivity contribution in [3.8, 4) is 0 Å². The number of hydrogen-bond acceptors (Lipinski definition) is 3. The summed E-state index contributed by atoms with van der Waals surface area (Å²) in [6, 6.07) is 1.84. The average molecular weight is 224 g/mol. The van der Waals surface area contributed by atoms with E-state index in [2.05, 4.69) is 11.9 Å². The van der Waals surface area contributed by atoms with E-state index in [0.717, 1.165) is 10.6 Å². The first-order valence-corrected chi connectivity index (χ1v) is 6.11. The van der Waals surface area contributed by atoms with Crippen LogP contribution in [0.5, 0.6) is 0 Å². The van der Waals surface area contributed by atoms with Crippen molar-refractivity contribution in [3.05, 3.63) is 24.0 Å². The van der Waals surface area contributed by atoms with Crippen LogP contribution in [0.3, 0.4) is 0 Å². The summed E-state index contributed by atoms with van der Waals surface area (Å²) in [5.41, 5.74) is 5.78. The van der Waals surface area contributed by atoms with Crippen molar-refractivity contribution in [1.29, 1.82) is 0 Å². The van der Waals surface area contributed by atoms with Crippen LogP contribution in [-0.2, 0) is 0 Å². The van der Waals surface area contributed by atoms with Crippen molar-refractivity contribution in [1.82, 2.24) is 4.98 Å². The van der Waals surface area contributed by atoms with E-state index in [9.17, 15) is 4.79 Å². The molecule has 0 saturated carbocycles. The maximum absolute atomic E-state index is 11.1. The molecule has 0 saturated heterocycles. The molecule has 0 bridgehead atoms. The van der Waals surface area contributed by atoms with Gasteiger partial charge in [-0.15, -0.1) is 11.8 Å². The number of hydrogen-bond donors (Lipinski definition) is 1. The predicted octanol–water partition coefficient (Wildman–Crippen LogP) is 2.46. The number of nitrogens with two attached hydrogens (primary N) is 1. The Morgan fingerprint density at radius 2 is 2.33 bits per heavy atom. The van der Waals surface area contributed by atoms with Gasteiger partial charge in [0.2, 0.25) is 0 Å². The van der Waals surface area contributed by atoms with Gasteiger partial charge < -0.3 is 5.73 Å². The molecule has 1 heterocycles. The maximum Gasteiger partial charge on any atom is 0.251 e. The third-order valence-corrected chi connectivity index (χ3v) is 3.21. The smallest absolute Gasteiger partial charge is 0.251 e. The molecular weight excluding hydrogens is 208 g/mol. The van der Waals surface area contributed by atoms with E-state index in [1.807, 2.05) is 6.07 Å². The Labute approximate surface area is 94.5 Å². The monoisotopic (exact) mass is 224 g/mol. The van der Waals surface area contributed by atoms with Crippen molar-refractivity contribution in [2.24, 2.45) is 5.73 Å². The minimum Gasteiger partial charge on any atom is -0.366 e. The summed E-state index contributed by atoms with van der Waals surface area (Å²) in [6.07, 6.45) is 6.82. The summed E-state index contributed by atoms with van der Waals surface area (Å²) in [6.45, 7) is 2.17. The second-order valence-corrected chi connectivity index (χ2v) is 4.43. The summed E-state index contributed by atoms with van der Waals surface area (Å²) in [5.74, 6) is 0.624. The quantitative estimate of drug-likeness (QED) is 0.596. The number of unbranched alkanes of at least 4 members (excludes halogenated alkanes) is 2. The highest BCUT2D eigenvalue weighted by Crippen LogP contribution is 2.22. The fourth-order valence-electron chi connectivity index (χ4n) is 1.23. The van der Waals surface area contributed by atoms with Crippen molar-refractivity contribution in [2.75, 3.05) is 5.75 Å². The van der Waals surface area contributed by atoms with Gasteiger partial charge in [-0.05, 0) is 18.2 Å². The number of pyridine rings is 1. The Bertz CT molecular complexity index is 328. The van der Waals surface area contributed by atoms with E-state index >= 15 is 0 Å². The normalized spacial score (nSPS) is 10.2. The first-order valence-electron chi connectivity index (χ1n) is 5.12. The topological polar surface area (TPSA) is 56.0 Å². The summed E-state index contributed by atoms with van der Waals surface area (Å²) in [5, 5.41) is 0. The van der Waals surface area contributed by atoms with Crippen molar-refractivity contribution >= 4 is 17.7 Å². The largest absolute Gasteiger partial charge is 0.366 e. The van der Waals surface area contributed by atoms with Gasteiger partial charge in [0.15, 0.2) is 0 Å². The number of aromatic nitrogens is 1. The number of carbonyl (C=O) groups excluding carboxylic acids is 1. The molecule has 0 fully saturated rings. The van der Waals surface area contributed by atoms with Gasteiger partial charge in [-0.1, -0.05) is 19.8 Å². The molecular formula is C11H16N2OS. The highest BCUT2D eigenvalue weighted by Gasteiger charge is 2.07. The molecule has 82 valence electrons. The molecule has 2 N–H and O–H groups in total. The van der Waals surface area contributed by atoms with Crippen LogP contribution in [0.4, 0.5) is 0 Å². The molecule has 4 heteroatoms. The molecule has 1 amide bonds. The molecule has 15 heavy (non-hydrogen) atoms. The zero-order chi connectivity index (χ0) is 11.1. The van der Waals surface area contributed by atoms with E-state index in [-0.39, 0.29) is 0 Å². The minimum atomic E-state index is -0.402. The fraction of sp³-hybridized carbons (Fsp3) is 0.455. The van der Waals surface area contributed by atoms with Gasteiger partial charge >= 0.3 is 0 Å². The molecule has 0 radical (unpaired) electrons. The molecule has 0 atom stereocenters. The molecule has 0 unspecified atom stereocenters. The average Bonchev–Trinajstić information content (AvgIpc) is 2.25. The van der Waals surface area contributed by atoms with Gasteiger partial charge in [-0.3, -0.25) is 9.78 Å². The molecule has 3 nitrogen and oxygen atoms in total. The Morgan fingerprint density at radius 1 is 1.53 bits per heavy atom. The van der Waals surface area contributed by atoms with Crippen LogP contribution in [-0.4, -0.2) is 16.6 Å². The fourth-order valence-corrected chi connectivity index (χ4v) is 2.26.